The monoisotopic (exact) mass is 776 g/mol. The molecule has 0 unspecified atom stereocenters. The lowest BCUT2D eigenvalue weighted by Crippen LogP contribution is -2.42. The number of aromatic nitrogens is 1. The highest BCUT2D eigenvalue weighted by Gasteiger charge is 2.34. The summed E-state index contributed by atoms with van der Waals surface area (Å²) in [5.41, 5.74) is 6.58. The van der Waals surface area contributed by atoms with Crippen LogP contribution >= 0.6 is 34.3 Å². The standard InChI is InChI=1S/C38H45ClN8O4S2/c1-21-24(4)52-37-33(21)34(27-10-12-28(39)13-11-27)45-31(35(41)47(37)26(6)40)20-32(48)43-15-17-51-19-18-50-16-14-42-30-9-7-8-29(22(30)2)36(49)46-38-44-23(3)25(5)53-38/h7-13,31,40-42H,14-20H2,1-6H3,(H,43,48)(H,44,46,49)/t31-/m0/s1. The van der Waals surface area contributed by atoms with Gasteiger partial charge >= 0.3 is 0 Å². The number of hydrogen-bond donors (Lipinski definition) is 5. The molecule has 5 rings (SSSR count). The predicted molar refractivity (Wildman–Crippen MR) is 217 cm³/mol. The van der Waals surface area contributed by atoms with Crippen LogP contribution in [-0.2, 0) is 14.3 Å². The molecule has 280 valence electrons. The highest BCUT2D eigenvalue weighted by molar-refractivity contribution is 7.17. The number of thiophene rings is 1. The van der Waals surface area contributed by atoms with Crippen LogP contribution in [0.4, 0.5) is 15.8 Å². The second kappa shape index (κ2) is 18.0. The van der Waals surface area contributed by atoms with Gasteiger partial charge in [0.2, 0.25) is 5.91 Å². The van der Waals surface area contributed by atoms with E-state index in [-0.39, 0.29) is 36.5 Å². The Bertz CT molecular complexity index is 2000. The number of amidine groups is 2. The van der Waals surface area contributed by atoms with Crippen molar-refractivity contribution < 1.29 is 19.1 Å². The van der Waals surface area contributed by atoms with Gasteiger partial charge in [0.05, 0.1) is 44.3 Å². The smallest absolute Gasteiger partial charge is 0.257 e. The number of carbonyl (C=O) groups is 2. The summed E-state index contributed by atoms with van der Waals surface area (Å²) < 4.78 is 11.4. The first-order valence-electron chi connectivity index (χ1n) is 17.2. The first kappa shape index (κ1) is 39.7. The number of aliphatic imine (C=N–C) groups is 1. The van der Waals surface area contributed by atoms with E-state index in [0.29, 0.717) is 54.4 Å². The summed E-state index contributed by atoms with van der Waals surface area (Å²) in [6, 6.07) is 12.1. The summed E-state index contributed by atoms with van der Waals surface area (Å²) in [5, 5.41) is 28.6. The zero-order valence-electron chi connectivity index (χ0n) is 30.7. The molecule has 4 aromatic rings. The van der Waals surface area contributed by atoms with Crippen LogP contribution in [-0.4, -0.2) is 79.7 Å². The maximum atomic E-state index is 13.1. The van der Waals surface area contributed by atoms with Crippen LogP contribution in [0.2, 0.25) is 5.02 Å². The van der Waals surface area contributed by atoms with Gasteiger partial charge in [-0.05, 0) is 76.9 Å². The fourth-order valence-electron chi connectivity index (χ4n) is 5.74. The van der Waals surface area contributed by atoms with Crippen LogP contribution in [0, 0.1) is 45.4 Å². The number of rotatable bonds is 15. The number of thiazole rings is 1. The molecule has 2 aromatic heterocycles. The van der Waals surface area contributed by atoms with E-state index in [2.05, 4.69) is 20.9 Å². The molecule has 0 saturated heterocycles. The van der Waals surface area contributed by atoms with E-state index in [1.807, 2.05) is 58.9 Å². The summed E-state index contributed by atoms with van der Waals surface area (Å²) >= 11 is 9.15. The van der Waals surface area contributed by atoms with Crippen molar-refractivity contribution in [1.29, 1.82) is 10.8 Å². The number of ether oxygens (including phenoxy) is 2. The third kappa shape index (κ3) is 9.75. The third-order valence-electron chi connectivity index (χ3n) is 8.81. The largest absolute Gasteiger partial charge is 0.382 e. The molecule has 0 fully saturated rings. The normalized spacial score (nSPS) is 14.0. The molecule has 15 heteroatoms. The van der Waals surface area contributed by atoms with Gasteiger partial charge in [-0.3, -0.25) is 35.6 Å². The maximum absolute atomic E-state index is 13.1. The predicted octanol–water partition coefficient (Wildman–Crippen LogP) is 7.30. The lowest BCUT2D eigenvalue weighted by molar-refractivity contribution is -0.121. The fourth-order valence-corrected chi connectivity index (χ4v) is 7.90. The van der Waals surface area contributed by atoms with Gasteiger partial charge in [0, 0.05) is 50.2 Å². The molecule has 2 amide bonds. The minimum atomic E-state index is -0.802. The van der Waals surface area contributed by atoms with Crippen molar-refractivity contribution in [2.75, 3.05) is 55.1 Å². The van der Waals surface area contributed by atoms with Crippen molar-refractivity contribution in [3.8, 4) is 0 Å². The Balaban J connectivity index is 1.05. The average molecular weight is 777 g/mol. The van der Waals surface area contributed by atoms with Crippen LogP contribution in [0.3, 0.4) is 0 Å². The number of benzene rings is 2. The SMILES string of the molecule is CC(=N)N1C(=N)[C@H](CC(=O)NCCOCCOCCNc2cccc(C(=O)Nc3nc(C)c(C)s3)c2C)N=C(c2ccc(Cl)cc2)c2c1sc(C)c2C. The zero-order chi connectivity index (χ0) is 38.2. The number of anilines is 3. The molecule has 2 aromatic carbocycles. The van der Waals surface area contributed by atoms with Crippen molar-refractivity contribution in [2.24, 2.45) is 4.99 Å². The van der Waals surface area contributed by atoms with Crippen molar-refractivity contribution in [2.45, 2.75) is 54.0 Å². The molecule has 0 aliphatic carbocycles. The van der Waals surface area contributed by atoms with E-state index >= 15 is 0 Å². The number of halogens is 1. The van der Waals surface area contributed by atoms with Crippen LogP contribution in [0.15, 0.2) is 47.5 Å². The average Bonchev–Trinajstić information content (AvgIpc) is 3.54. The molecule has 0 saturated carbocycles. The molecule has 1 aliphatic heterocycles. The molecule has 1 atom stereocenters. The van der Waals surface area contributed by atoms with E-state index in [0.717, 1.165) is 48.4 Å². The van der Waals surface area contributed by atoms with Crippen LogP contribution < -0.4 is 20.9 Å². The molecular weight excluding hydrogens is 732 g/mol. The number of aryl methyl sites for hydroxylation is 3. The van der Waals surface area contributed by atoms with Crippen LogP contribution in [0.5, 0.6) is 0 Å². The van der Waals surface area contributed by atoms with Crippen LogP contribution in [0.25, 0.3) is 0 Å². The zero-order valence-corrected chi connectivity index (χ0v) is 33.1. The van der Waals surface area contributed by atoms with E-state index < -0.39 is 6.04 Å². The first-order valence-corrected chi connectivity index (χ1v) is 19.3. The Morgan fingerprint density at radius 3 is 2.28 bits per heavy atom. The van der Waals surface area contributed by atoms with Gasteiger partial charge in [-0.15, -0.1) is 22.7 Å². The second-order valence-corrected chi connectivity index (χ2v) is 15.4. The summed E-state index contributed by atoms with van der Waals surface area (Å²) in [6.07, 6.45) is -0.0545. The minimum absolute atomic E-state index is 0.0545. The van der Waals surface area contributed by atoms with E-state index in [1.54, 1.807) is 30.0 Å². The maximum Gasteiger partial charge on any atom is 0.257 e. The van der Waals surface area contributed by atoms with Crippen molar-refractivity contribution in [1.82, 2.24) is 10.3 Å². The first-order chi connectivity index (χ1) is 25.3. The molecule has 53 heavy (non-hydrogen) atoms. The molecule has 0 bridgehead atoms. The van der Waals surface area contributed by atoms with Crippen molar-refractivity contribution in [3.05, 3.63) is 90.8 Å². The minimum Gasteiger partial charge on any atom is -0.382 e. The van der Waals surface area contributed by atoms with Crippen molar-refractivity contribution in [3.63, 3.8) is 0 Å². The molecule has 5 N–H and O–H groups in total. The molecule has 3 heterocycles. The van der Waals surface area contributed by atoms with Crippen LogP contribution in [0.1, 0.15) is 61.4 Å². The van der Waals surface area contributed by atoms with E-state index in [9.17, 15) is 9.59 Å². The number of amides is 2. The molecule has 1 aliphatic rings. The third-order valence-corrected chi connectivity index (χ3v) is 11.2. The number of nitrogens with one attached hydrogen (secondary N) is 5. The Kier molecular flexibility index (Phi) is 13.5. The van der Waals surface area contributed by atoms with Gasteiger partial charge in [0.1, 0.15) is 22.7 Å². The Morgan fingerprint density at radius 2 is 1.62 bits per heavy atom. The Hall–Kier alpha value is -4.47. The quantitative estimate of drug-likeness (QED) is 0.0480. The Morgan fingerprint density at radius 1 is 0.925 bits per heavy atom. The highest BCUT2D eigenvalue weighted by Crippen LogP contribution is 2.40. The fraction of sp³-hybridized carbons (Fsp3) is 0.368. The van der Waals surface area contributed by atoms with Gasteiger partial charge < -0.3 is 20.1 Å². The number of nitrogens with zero attached hydrogens (tertiary/aromatic N) is 3. The van der Waals surface area contributed by atoms with Gasteiger partial charge in [0.25, 0.3) is 5.91 Å². The second-order valence-electron chi connectivity index (χ2n) is 12.6. The summed E-state index contributed by atoms with van der Waals surface area (Å²) in [6.45, 7) is 13.8. The van der Waals surface area contributed by atoms with Gasteiger partial charge in [-0.1, -0.05) is 29.8 Å². The molecule has 0 radical (unpaired) electrons. The Labute approximate surface area is 323 Å². The number of fused-ring (bicyclic) bond motifs is 1. The highest BCUT2D eigenvalue weighted by atomic mass is 35.5. The van der Waals surface area contributed by atoms with Gasteiger partial charge in [-0.2, -0.15) is 0 Å². The summed E-state index contributed by atoms with van der Waals surface area (Å²) in [4.78, 5) is 39.1. The number of hydrogen-bond acceptors (Lipinski definition) is 11. The molecule has 0 spiro atoms. The summed E-state index contributed by atoms with van der Waals surface area (Å²) in [7, 11) is 0. The van der Waals surface area contributed by atoms with E-state index in [4.69, 9.17) is 36.9 Å². The van der Waals surface area contributed by atoms with Gasteiger partial charge in [0.15, 0.2) is 5.13 Å². The number of carbonyl (C=O) groups excluding carboxylic acids is 2. The topological polar surface area (TPSA) is 165 Å². The lowest BCUT2D eigenvalue weighted by Gasteiger charge is -2.24. The molecular formula is C38H45ClN8O4S2. The summed E-state index contributed by atoms with van der Waals surface area (Å²) in [5.74, 6) is -0.205. The lowest BCUT2D eigenvalue weighted by atomic mass is 9.99. The van der Waals surface area contributed by atoms with E-state index in [1.165, 1.54) is 22.7 Å². The molecule has 12 nitrogen and oxygen atoms in total. The van der Waals surface area contributed by atoms with Crippen molar-refractivity contribution >= 4 is 79.3 Å². The van der Waals surface area contributed by atoms with Gasteiger partial charge in [-0.25, -0.2) is 4.98 Å².